The molecule has 4 N–H and O–H groups in total. The minimum atomic E-state index is -3.64. The second-order valence-corrected chi connectivity index (χ2v) is 10.4. The van der Waals surface area contributed by atoms with Gasteiger partial charge in [0.05, 0.1) is 18.4 Å². The van der Waals surface area contributed by atoms with Gasteiger partial charge in [0.25, 0.3) is 10.1 Å². The van der Waals surface area contributed by atoms with Gasteiger partial charge in [-0.15, -0.1) is 0 Å². The SMILES string of the molecule is CC(C)COS(=O)(=O)CCCNC(=O)[C@H](Cc1ccccc1)NC(=O)C(N)Cc1ccccc1. The fourth-order valence-corrected chi connectivity index (χ4v) is 4.28. The molecule has 2 aromatic rings. The van der Waals surface area contributed by atoms with Crippen LogP contribution in [0, 0.1) is 5.92 Å². The largest absolute Gasteiger partial charge is 0.354 e. The van der Waals surface area contributed by atoms with Crippen molar-refractivity contribution >= 4 is 21.9 Å². The van der Waals surface area contributed by atoms with Gasteiger partial charge in [0.1, 0.15) is 6.04 Å². The van der Waals surface area contributed by atoms with Crippen molar-refractivity contribution in [2.75, 3.05) is 18.9 Å². The molecule has 0 heterocycles. The Morgan fingerprint density at radius 1 is 0.912 bits per heavy atom. The molecule has 0 aromatic heterocycles. The molecular formula is C25H35N3O5S. The van der Waals surface area contributed by atoms with Crippen LogP contribution in [-0.4, -0.2) is 51.2 Å². The Morgan fingerprint density at radius 2 is 1.47 bits per heavy atom. The molecule has 2 aromatic carbocycles. The summed E-state index contributed by atoms with van der Waals surface area (Å²) < 4.78 is 28.8. The first kappa shape index (κ1) is 27.5. The maximum Gasteiger partial charge on any atom is 0.267 e. The Labute approximate surface area is 202 Å². The van der Waals surface area contributed by atoms with Crippen LogP contribution in [0.15, 0.2) is 60.7 Å². The molecular weight excluding hydrogens is 454 g/mol. The third-order valence-electron chi connectivity index (χ3n) is 5.00. The van der Waals surface area contributed by atoms with Gasteiger partial charge in [0, 0.05) is 13.0 Å². The highest BCUT2D eigenvalue weighted by Gasteiger charge is 2.24. The highest BCUT2D eigenvalue weighted by Crippen LogP contribution is 2.06. The molecule has 0 aliphatic rings. The van der Waals surface area contributed by atoms with E-state index in [9.17, 15) is 18.0 Å². The van der Waals surface area contributed by atoms with Crippen LogP contribution in [0.3, 0.4) is 0 Å². The predicted octanol–water partition coefficient (Wildman–Crippen LogP) is 1.79. The van der Waals surface area contributed by atoms with Crippen molar-refractivity contribution in [3.8, 4) is 0 Å². The summed E-state index contributed by atoms with van der Waals surface area (Å²) >= 11 is 0. The lowest BCUT2D eigenvalue weighted by Crippen LogP contribution is -2.53. The van der Waals surface area contributed by atoms with Crippen molar-refractivity contribution in [3.63, 3.8) is 0 Å². The van der Waals surface area contributed by atoms with E-state index in [1.807, 2.05) is 74.5 Å². The zero-order valence-electron chi connectivity index (χ0n) is 19.8. The van der Waals surface area contributed by atoms with Crippen molar-refractivity contribution in [1.29, 1.82) is 0 Å². The summed E-state index contributed by atoms with van der Waals surface area (Å²) in [7, 11) is -3.64. The van der Waals surface area contributed by atoms with Crippen molar-refractivity contribution in [2.24, 2.45) is 11.7 Å². The zero-order chi connectivity index (χ0) is 25.0. The van der Waals surface area contributed by atoms with E-state index in [1.165, 1.54) is 0 Å². The fourth-order valence-electron chi connectivity index (χ4n) is 3.18. The van der Waals surface area contributed by atoms with E-state index in [0.29, 0.717) is 6.42 Å². The highest BCUT2D eigenvalue weighted by atomic mass is 32.2. The Bertz CT molecular complexity index is 998. The van der Waals surface area contributed by atoms with Gasteiger partial charge in [-0.05, 0) is 29.9 Å². The number of nitrogens with one attached hydrogen (secondary N) is 2. The highest BCUT2D eigenvalue weighted by molar-refractivity contribution is 7.86. The van der Waals surface area contributed by atoms with Crippen LogP contribution < -0.4 is 16.4 Å². The Hall–Kier alpha value is -2.75. The maximum absolute atomic E-state index is 12.9. The Balaban J connectivity index is 1.94. The van der Waals surface area contributed by atoms with E-state index < -0.39 is 34.0 Å². The summed E-state index contributed by atoms with van der Waals surface area (Å²) in [5, 5.41) is 5.48. The summed E-state index contributed by atoms with van der Waals surface area (Å²) in [5.74, 6) is -0.920. The summed E-state index contributed by atoms with van der Waals surface area (Å²) in [6.45, 7) is 3.99. The lowest BCUT2D eigenvalue weighted by molar-refractivity contribution is -0.129. The molecule has 2 atom stereocenters. The van der Waals surface area contributed by atoms with Crippen molar-refractivity contribution in [1.82, 2.24) is 10.6 Å². The third-order valence-corrected chi connectivity index (χ3v) is 6.29. The standard InChI is InChI=1S/C25H35N3O5S/c1-19(2)18-33-34(31,32)15-9-14-27-25(30)23(17-21-12-7-4-8-13-21)28-24(29)22(26)16-20-10-5-3-6-11-20/h3-8,10-13,19,22-23H,9,14-18,26H2,1-2H3,(H,27,30)(H,28,29)/t22?,23-/m0/s1. The molecule has 2 rings (SSSR count). The number of amides is 2. The average Bonchev–Trinajstić information content (AvgIpc) is 2.81. The Kier molecular flexibility index (Phi) is 11.2. The molecule has 0 radical (unpaired) electrons. The first-order chi connectivity index (χ1) is 16.2. The van der Waals surface area contributed by atoms with Crippen LogP contribution in [0.5, 0.6) is 0 Å². The van der Waals surface area contributed by atoms with Gasteiger partial charge < -0.3 is 16.4 Å². The molecule has 0 saturated heterocycles. The molecule has 9 heteroatoms. The van der Waals surface area contributed by atoms with Crippen molar-refractivity contribution in [2.45, 2.75) is 45.2 Å². The number of hydrogen-bond donors (Lipinski definition) is 3. The van der Waals surface area contributed by atoms with E-state index in [1.54, 1.807) is 0 Å². The molecule has 2 amide bonds. The van der Waals surface area contributed by atoms with E-state index in [0.717, 1.165) is 11.1 Å². The van der Waals surface area contributed by atoms with Crippen LogP contribution >= 0.6 is 0 Å². The zero-order valence-corrected chi connectivity index (χ0v) is 20.6. The van der Waals surface area contributed by atoms with Crippen LogP contribution in [0.2, 0.25) is 0 Å². The average molecular weight is 490 g/mol. The molecule has 1 unspecified atom stereocenters. The summed E-state index contributed by atoms with van der Waals surface area (Å²) in [6.07, 6.45) is 0.832. The molecule has 0 saturated carbocycles. The number of carbonyl (C=O) groups excluding carboxylic acids is 2. The Morgan fingerprint density at radius 3 is 2.03 bits per heavy atom. The van der Waals surface area contributed by atoms with Gasteiger partial charge in [-0.3, -0.25) is 13.8 Å². The first-order valence-electron chi connectivity index (χ1n) is 11.4. The number of carbonyl (C=O) groups is 2. The smallest absolute Gasteiger partial charge is 0.267 e. The molecule has 0 aliphatic carbocycles. The van der Waals surface area contributed by atoms with Gasteiger partial charge in [-0.1, -0.05) is 74.5 Å². The normalized spacial score (nSPS) is 13.3. The van der Waals surface area contributed by atoms with Crippen LogP contribution in [0.1, 0.15) is 31.4 Å². The molecule has 8 nitrogen and oxygen atoms in total. The molecule has 186 valence electrons. The monoisotopic (exact) mass is 489 g/mol. The van der Waals surface area contributed by atoms with Crippen molar-refractivity contribution in [3.05, 3.63) is 71.8 Å². The molecule has 0 spiro atoms. The predicted molar refractivity (Wildman–Crippen MR) is 132 cm³/mol. The van der Waals surface area contributed by atoms with E-state index in [4.69, 9.17) is 9.92 Å². The minimum absolute atomic E-state index is 0.102. The molecule has 0 aliphatic heterocycles. The van der Waals surface area contributed by atoms with Gasteiger partial charge in [0.2, 0.25) is 11.8 Å². The molecule has 0 bridgehead atoms. The first-order valence-corrected chi connectivity index (χ1v) is 13.0. The number of hydrogen-bond acceptors (Lipinski definition) is 6. The van der Waals surface area contributed by atoms with Gasteiger partial charge >= 0.3 is 0 Å². The van der Waals surface area contributed by atoms with E-state index in [-0.39, 0.29) is 37.7 Å². The summed E-state index contributed by atoms with van der Waals surface area (Å²) in [6, 6.07) is 17.1. The minimum Gasteiger partial charge on any atom is -0.354 e. The molecule has 0 fully saturated rings. The molecule has 34 heavy (non-hydrogen) atoms. The quantitative estimate of drug-likeness (QED) is 0.274. The van der Waals surface area contributed by atoms with Gasteiger partial charge in [-0.2, -0.15) is 8.42 Å². The van der Waals surface area contributed by atoms with Gasteiger partial charge in [0.15, 0.2) is 0 Å². The van der Waals surface area contributed by atoms with E-state index in [2.05, 4.69) is 10.6 Å². The lowest BCUT2D eigenvalue weighted by atomic mass is 10.0. The third kappa shape index (κ3) is 10.5. The van der Waals surface area contributed by atoms with Crippen LogP contribution in [0.25, 0.3) is 0 Å². The fraction of sp³-hybridized carbons (Fsp3) is 0.440. The summed E-state index contributed by atoms with van der Waals surface area (Å²) in [4.78, 5) is 25.6. The topological polar surface area (TPSA) is 128 Å². The second-order valence-electron chi connectivity index (χ2n) is 8.63. The van der Waals surface area contributed by atoms with Gasteiger partial charge in [-0.25, -0.2) is 0 Å². The van der Waals surface area contributed by atoms with E-state index >= 15 is 0 Å². The number of benzene rings is 2. The van der Waals surface area contributed by atoms with Crippen LogP contribution in [0.4, 0.5) is 0 Å². The van der Waals surface area contributed by atoms with Crippen molar-refractivity contribution < 1.29 is 22.2 Å². The number of nitrogens with two attached hydrogens (primary N) is 1. The lowest BCUT2D eigenvalue weighted by Gasteiger charge is -2.21. The number of rotatable bonds is 14. The summed E-state index contributed by atoms with van der Waals surface area (Å²) in [5.41, 5.74) is 7.89. The second kappa shape index (κ2) is 13.8. The maximum atomic E-state index is 12.9. The van der Waals surface area contributed by atoms with Crippen LogP contribution in [-0.2, 0) is 36.7 Å².